The van der Waals surface area contributed by atoms with Gasteiger partial charge in [0, 0.05) is 13.1 Å². The van der Waals surface area contributed by atoms with E-state index in [1.807, 2.05) is 6.07 Å². The van der Waals surface area contributed by atoms with Crippen LogP contribution in [0.5, 0.6) is 0 Å². The van der Waals surface area contributed by atoms with Crippen molar-refractivity contribution >= 4 is 8.32 Å². The average molecular weight is 306 g/mol. The molecule has 0 aliphatic heterocycles. The molecule has 0 bridgehead atoms. The van der Waals surface area contributed by atoms with Crippen LogP contribution in [0.2, 0.25) is 18.1 Å². The van der Waals surface area contributed by atoms with Gasteiger partial charge in [-0.25, -0.2) is 0 Å². The molecule has 1 rings (SSSR count). The van der Waals surface area contributed by atoms with Crippen molar-refractivity contribution in [3.63, 3.8) is 0 Å². The molecule has 0 heterocycles. The van der Waals surface area contributed by atoms with Crippen molar-refractivity contribution in [2.45, 2.75) is 58.5 Å². The molecule has 1 atom stereocenters. The van der Waals surface area contributed by atoms with E-state index in [0.717, 1.165) is 13.1 Å². The minimum atomic E-state index is -1.66. The normalized spacial score (nSPS) is 14.6. The second kappa shape index (κ2) is 7.92. The van der Waals surface area contributed by atoms with Crippen LogP contribution in [0.25, 0.3) is 0 Å². The molecule has 0 unspecified atom stereocenters. The highest BCUT2D eigenvalue weighted by atomic mass is 28.4. The van der Waals surface area contributed by atoms with E-state index in [9.17, 15) is 0 Å². The van der Waals surface area contributed by atoms with E-state index in [2.05, 4.69) is 82.5 Å². The number of hydrogen-bond donors (Lipinski definition) is 1. The van der Waals surface area contributed by atoms with Crippen molar-refractivity contribution in [1.29, 1.82) is 0 Å². The summed E-state index contributed by atoms with van der Waals surface area (Å²) >= 11 is 0. The van der Waals surface area contributed by atoms with Crippen molar-refractivity contribution in [2.75, 3.05) is 6.54 Å². The zero-order valence-electron chi connectivity index (χ0n) is 14.4. The smallest absolute Gasteiger partial charge is 0.192 e. The van der Waals surface area contributed by atoms with Crippen LogP contribution in [-0.2, 0) is 11.0 Å². The fraction of sp³-hybridized carbons (Fsp3) is 0.556. The largest absolute Gasteiger partial charge is 0.411 e. The van der Waals surface area contributed by atoms with Gasteiger partial charge in [0.25, 0.3) is 0 Å². The molecule has 21 heavy (non-hydrogen) atoms. The third-order valence-corrected chi connectivity index (χ3v) is 8.70. The molecule has 1 aromatic carbocycles. The molecule has 0 radical (unpaired) electrons. The summed E-state index contributed by atoms with van der Waals surface area (Å²) < 4.78 is 6.29. The van der Waals surface area contributed by atoms with Gasteiger partial charge in [-0.05, 0) is 30.6 Å². The van der Waals surface area contributed by atoms with E-state index in [4.69, 9.17) is 4.43 Å². The number of benzene rings is 1. The number of nitrogens with one attached hydrogen (secondary N) is 1. The van der Waals surface area contributed by atoms with Crippen LogP contribution in [0.3, 0.4) is 0 Å². The minimum Gasteiger partial charge on any atom is -0.411 e. The van der Waals surface area contributed by atoms with Crippen molar-refractivity contribution in [3.05, 3.63) is 48.0 Å². The standard InChI is InChI=1S/C18H31NOSi/c1-16(20-21(5,6)18(2,3)4)11-10-14-19-15-17-12-8-7-9-13-17/h7-13,16,19H,14-15H2,1-6H3/b11-10+/t16-/m0/s1. The fourth-order valence-corrected chi connectivity index (χ4v) is 3.20. The van der Waals surface area contributed by atoms with E-state index >= 15 is 0 Å². The predicted octanol–water partition coefficient (Wildman–Crippen LogP) is 4.74. The van der Waals surface area contributed by atoms with Crippen LogP contribution < -0.4 is 5.32 Å². The third-order valence-electron chi connectivity index (χ3n) is 4.13. The highest BCUT2D eigenvalue weighted by Gasteiger charge is 2.37. The van der Waals surface area contributed by atoms with E-state index in [1.165, 1.54) is 5.56 Å². The summed E-state index contributed by atoms with van der Waals surface area (Å²) in [4.78, 5) is 0. The Labute approximate surface area is 131 Å². The number of hydrogen-bond acceptors (Lipinski definition) is 2. The first-order valence-corrected chi connectivity index (χ1v) is 10.7. The molecule has 0 amide bonds. The Morgan fingerprint density at radius 3 is 2.38 bits per heavy atom. The van der Waals surface area contributed by atoms with Crippen molar-refractivity contribution in [3.8, 4) is 0 Å². The van der Waals surface area contributed by atoms with Gasteiger partial charge in [-0.1, -0.05) is 63.3 Å². The lowest BCUT2D eigenvalue weighted by molar-refractivity contribution is 0.243. The molecule has 0 spiro atoms. The lowest BCUT2D eigenvalue weighted by Crippen LogP contribution is -2.42. The second-order valence-electron chi connectivity index (χ2n) is 7.13. The molecule has 3 heteroatoms. The van der Waals surface area contributed by atoms with Gasteiger partial charge in [0.15, 0.2) is 8.32 Å². The molecule has 0 saturated heterocycles. The van der Waals surface area contributed by atoms with Crippen molar-refractivity contribution in [2.24, 2.45) is 0 Å². The minimum absolute atomic E-state index is 0.185. The van der Waals surface area contributed by atoms with Crippen LogP contribution in [-0.4, -0.2) is 21.0 Å². The summed E-state index contributed by atoms with van der Waals surface area (Å²) in [5.41, 5.74) is 1.32. The zero-order chi connectivity index (χ0) is 15.9. The van der Waals surface area contributed by atoms with Crippen LogP contribution in [0.15, 0.2) is 42.5 Å². The number of rotatable bonds is 7. The highest BCUT2D eigenvalue weighted by molar-refractivity contribution is 6.74. The van der Waals surface area contributed by atoms with Gasteiger partial charge in [0.05, 0.1) is 6.10 Å². The Kier molecular flexibility index (Phi) is 6.85. The van der Waals surface area contributed by atoms with Crippen LogP contribution in [0.1, 0.15) is 33.3 Å². The Hall–Kier alpha value is -0.903. The van der Waals surface area contributed by atoms with Crippen LogP contribution in [0.4, 0.5) is 0 Å². The monoisotopic (exact) mass is 305 g/mol. The molecule has 0 fully saturated rings. The maximum atomic E-state index is 6.29. The first-order valence-electron chi connectivity index (χ1n) is 7.81. The lowest BCUT2D eigenvalue weighted by Gasteiger charge is -2.37. The van der Waals surface area contributed by atoms with Crippen LogP contribution in [0, 0.1) is 0 Å². The third kappa shape index (κ3) is 6.59. The first kappa shape index (κ1) is 18.1. The maximum absolute atomic E-state index is 6.29. The molecular weight excluding hydrogens is 274 g/mol. The van der Waals surface area contributed by atoms with Crippen LogP contribution >= 0.6 is 0 Å². The molecule has 118 valence electrons. The quantitative estimate of drug-likeness (QED) is 0.446. The fourth-order valence-electron chi connectivity index (χ4n) is 1.84. The summed E-state index contributed by atoms with van der Waals surface area (Å²) in [7, 11) is -1.66. The van der Waals surface area contributed by atoms with Gasteiger partial charge in [0.2, 0.25) is 0 Å². The van der Waals surface area contributed by atoms with E-state index in [-0.39, 0.29) is 11.1 Å². The maximum Gasteiger partial charge on any atom is 0.192 e. The highest BCUT2D eigenvalue weighted by Crippen LogP contribution is 2.37. The van der Waals surface area contributed by atoms with Gasteiger partial charge in [-0.15, -0.1) is 0 Å². The predicted molar refractivity (Wildman–Crippen MR) is 95.0 cm³/mol. The van der Waals surface area contributed by atoms with Gasteiger partial charge in [-0.3, -0.25) is 0 Å². The second-order valence-corrected chi connectivity index (χ2v) is 11.9. The summed E-state index contributed by atoms with van der Waals surface area (Å²) in [6.45, 7) is 15.3. The topological polar surface area (TPSA) is 21.3 Å². The Bertz CT molecular complexity index is 434. The summed E-state index contributed by atoms with van der Waals surface area (Å²) in [6.07, 6.45) is 4.52. The molecular formula is C18H31NOSi. The zero-order valence-corrected chi connectivity index (χ0v) is 15.4. The van der Waals surface area contributed by atoms with Gasteiger partial charge in [0.1, 0.15) is 0 Å². The molecule has 1 aromatic rings. The lowest BCUT2D eigenvalue weighted by atomic mass is 10.2. The molecule has 0 saturated carbocycles. The first-order chi connectivity index (χ1) is 9.72. The van der Waals surface area contributed by atoms with Crippen molar-refractivity contribution in [1.82, 2.24) is 5.32 Å². The molecule has 1 N–H and O–H groups in total. The average Bonchev–Trinajstić information content (AvgIpc) is 2.37. The van der Waals surface area contributed by atoms with Gasteiger partial charge >= 0.3 is 0 Å². The summed E-state index contributed by atoms with van der Waals surface area (Å²) in [5, 5.41) is 3.68. The SMILES string of the molecule is C[C@@H](/C=C/CNCc1ccccc1)O[Si](C)(C)C(C)(C)C. The Balaban J connectivity index is 2.30. The molecule has 0 aliphatic rings. The van der Waals surface area contributed by atoms with E-state index < -0.39 is 8.32 Å². The van der Waals surface area contributed by atoms with Gasteiger partial charge in [-0.2, -0.15) is 0 Å². The summed E-state index contributed by atoms with van der Waals surface area (Å²) in [6, 6.07) is 10.5. The Morgan fingerprint density at radius 2 is 1.81 bits per heavy atom. The Morgan fingerprint density at radius 1 is 1.19 bits per heavy atom. The van der Waals surface area contributed by atoms with E-state index in [0.29, 0.717) is 0 Å². The molecule has 0 aliphatic carbocycles. The van der Waals surface area contributed by atoms with E-state index in [1.54, 1.807) is 0 Å². The molecule has 0 aromatic heterocycles. The summed E-state index contributed by atoms with van der Waals surface area (Å²) in [5.74, 6) is 0. The molecule has 2 nitrogen and oxygen atoms in total. The van der Waals surface area contributed by atoms with Gasteiger partial charge < -0.3 is 9.74 Å². The van der Waals surface area contributed by atoms with Crippen molar-refractivity contribution < 1.29 is 4.43 Å².